The van der Waals surface area contributed by atoms with E-state index in [2.05, 4.69) is 19.9 Å². The van der Waals surface area contributed by atoms with Crippen LogP contribution in [0.15, 0.2) is 61.3 Å². The van der Waals surface area contributed by atoms with Gasteiger partial charge in [0.05, 0.1) is 12.3 Å². The van der Waals surface area contributed by atoms with Crippen molar-refractivity contribution in [2.45, 2.75) is 6.04 Å². The third-order valence-corrected chi connectivity index (χ3v) is 3.56. The smallest absolute Gasteiger partial charge is 0.243 e. The van der Waals surface area contributed by atoms with Gasteiger partial charge in [0.15, 0.2) is 0 Å². The number of nitrogens with zero attached hydrogens (tertiary/aromatic N) is 5. The van der Waals surface area contributed by atoms with Gasteiger partial charge in [-0.3, -0.25) is 14.7 Å². The predicted octanol–water partition coefficient (Wildman–Crippen LogP) is 0.918. The van der Waals surface area contributed by atoms with E-state index in [1.165, 1.54) is 17.4 Å². The van der Waals surface area contributed by atoms with E-state index >= 15 is 0 Å². The number of rotatable bonds is 6. The Labute approximate surface area is 144 Å². The molecular formula is C17H16N6O2. The maximum absolute atomic E-state index is 11.8. The van der Waals surface area contributed by atoms with Gasteiger partial charge in [-0.15, -0.1) is 0 Å². The van der Waals surface area contributed by atoms with Crippen molar-refractivity contribution in [3.05, 3.63) is 61.3 Å². The molecule has 0 aromatic carbocycles. The molecule has 0 saturated heterocycles. The first-order valence-electron chi connectivity index (χ1n) is 7.53. The van der Waals surface area contributed by atoms with Gasteiger partial charge in [-0.2, -0.15) is 0 Å². The SMILES string of the molecule is NC(=O)C(CO)N(c1ccncn1)c1cccc(-c2cccnc2)n1. The summed E-state index contributed by atoms with van der Waals surface area (Å²) >= 11 is 0. The summed E-state index contributed by atoms with van der Waals surface area (Å²) in [5.41, 5.74) is 6.95. The second kappa shape index (κ2) is 7.45. The Morgan fingerprint density at radius 3 is 2.64 bits per heavy atom. The summed E-state index contributed by atoms with van der Waals surface area (Å²) in [6.07, 6.45) is 6.26. The van der Waals surface area contributed by atoms with E-state index < -0.39 is 18.6 Å². The largest absolute Gasteiger partial charge is 0.394 e. The predicted molar refractivity (Wildman–Crippen MR) is 91.7 cm³/mol. The fourth-order valence-electron chi connectivity index (χ4n) is 2.39. The van der Waals surface area contributed by atoms with Crippen LogP contribution in [0.5, 0.6) is 0 Å². The molecule has 0 aliphatic rings. The number of amides is 1. The fraction of sp³-hybridized carbons (Fsp3) is 0.118. The Balaban J connectivity index is 2.09. The highest BCUT2D eigenvalue weighted by atomic mass is 16.3. The highest BCUT2D eigenvalue weighted by Crippen LogP contribution is 2.26. The molecule has 25 heavy (non-hydrogen) atoms. The zero-order chi connectivity index (χ0) is 17.6. The first kappa shape index (κ1) is 16.5. The van der Waals surface area contributed by atoms with Crippen LogP contribution < -0.4 is 10.6 Å². The lowest BCUT2D eigenvalue weighted by atomic mass is 10.2. The number of pyridine rings is 2. The van der Waals surface area contributed by atoms with E-state index in [-0.39, 0.29) is 0 Å². The maximum Gasteiger partial charge on any atom is 0.243 e. The molecule has 0 aliphatic carbocycles. The number of anilines is 2. The zero-order valence-corrected chi connectivity index (χ0v) is 13.2. The van der Waals surface area contributed by atoms with Crippen LogP contribution in [0, 0.1) is 0 Å². The molecule has 0 fully saturated rings. The van der Waals surface area contributed by atoms with Gasteiger partial charge in [-0.05, 0) is 30.3 Å². The van der Waals surface area contributed by atoms with E-state index in [0.717, 1.165) is 5.56 Å². The van der Waals surface area contributed by atoms with Crippen LogP contribution >= 0.6 is 0 Å². The lowest BCUT2D eigenvalue weighted by Gasteiger charge is -2.28. The molecular weight excluding hydrogens is 320 g/mol. The number of aromatic nitrogens is 4. The molecule has 1 unspecified atom stereocenters. The van der Waals surface area contributed by atoms with Gasteiger partial charge in [0.1, 0.15) is 24.0 Å². The number of aliphatic hydroxyl groups is 1. The Bertz CT molecular complexity index is 844. The van der Waals surface area contributed by atoms with Crippen molar-refractivity contribution in [2.24, 2.45) is 5.73 Å². The van der Waals surface area contributed by atoms with Gasteiger partial charge < -0.3 is 10.8 Å². The zero-order valence-electron chi connectivity index (χ0n) is 13.2. The van der Waals surface area contributed by atoms with Crippen LogP contribution in [0.3, 0.4) is 0 Å². The Hall–Kier alpha value is -3.39. The summed E-state index contributed by atoms with van der Waals surface area (Å²) in [6.45, 7) is -0.474. The maximum atomic E-state index is 11.8. The van der Waals surface area contributed by atoms with Crippen molar-refractivity contribution in [1.29, 1.82) is 0 Å². The van der Waals surface area contributed by atoms with E-state index in [0.29, 0.717) is 17.3 Å². The van der Waals surface area contributed by atoms with E-state index in [1.807, 2.05) is 18.2 Å². The quantitative estimate of drug-likeness (QED) is 0.687. The van der Waals surface area contributed by atoms with Crippen LogP contribution in [0.1, 0.15) is 0 Å². The number of hydrogen-bond acceptors (Lipinski definition) is 7. The number of hydrogen-bond donors (Lipinski definition) is 2. The number of aliphatic hydroxyl groups excluding tert-OH is 1. The molecule has 0 radical (unpaired) electrons. The minimum absolute atomic E-state index is 0.406. The third-order valence-electron chi connectivity index (χ3n) is 3.56. The van der Waals surface area contributed by atoms with E-state index in [9.17, 15) is 9.90 Å². The standard InChI is InChI=1S/C17H16N6O2/c18-17(25)14(10-24)23(15-6-8-20-11-21-15)16-5-1-4-13(22-16)12-3-2-7-19-9-12/h1-9,11,14,24H,10H2,(H2,18,25). The highest BCUT2D eigenvalue weighted by molar-refractivity contribution is 5.86. The van der Waals surface area contributed by atoms with Crippen LogP contribution in [0.25, 0.3) is 11.3 Å². The van der Waals surface area contributed by atoms with Gasteiger partial charge in [0, 0.05) is 24.2 Å². The van der Waals surface area contributed by atoms with Crippen molar-refractivity contribution in [1.82, 2.24) is 19.9 Å². The van der Waals surface area contributed by atoms with Gasteiger partial charge in [-0.25, -0.2) is 15.0 Å². The molecule has 3 rings (SSSR count). The first-order chi connectivity index (χ1) is 12.2. The molecule has 3 N–H and O–H groups in total. The molecule has 8 nitrogen and oxygen atoms in total. The van der Waals surface area contributed by atoms with Crippen molar-refractivity contribution in [3.63, 3.8) is 0 Å². The summed E-state index contributed by atoms with van der Waals surface area (Å²) in [7, 11) is 0. The Kier molecular flexibility index (Phi) is 4.91. The number of nitrogens with two attached hydrogens (primary N) is 1. The molecule has 0 spiro atoms. The molecule has 3 aromatic heterocycles. The van der Waals surface area contributed by atoms with Crippen LogP contribution in [0.4, 0.5) is 11.6 Å². The van der Waals surface area contributed by atoms with Gasteiger partial charge in [-0.1, -0.05) is 6.07 Å². The molecule has 8 heteroatoms. The number of carbonyl (C=O) groups excluding carboxylic acids is 1. The molecule has 0 saturated carbocycles. The molecule has 0 aliphatic heterocycles. The summed E-state index contributed by atoms with van der Waals surface area (Å²) < 4.78 is 0. The summed E-state index contributed by atoms with van der Waals surface area (Å²) in [5, 5.41) is 9.65. The molecule has 1 atom stereocenters. The molecule has 126 valence electrons. The number of carbonyl (C=O) groups is 1. The molecule has 0 bridgehead atoms. The molecule has 1 amide bonds. The minimum Gasteiger partial charge on any atom is -0.394 e. The second-order valence-electron chi connectivity index (χ2n) is 5.16. The summed E-state index contributed by atoms with van der Waals surface area (Å²) in [6, 6.07) is 9.65. The summed E-state index contributed by atoms with van der Waals surface area (Å²) in [4.78, 5) is 30.0. The average molecular weight is 336 g/mol. The normalized spacial score (nSPS) is 11.7. The van der Waals surface area contributed by atoms with E-state index in [4.69, 9.17) is 5.73 Å². The van der Waals surface area contributed by atoms with Crippen molar-refractivity contribution in [3.8, 4) is 11.3 Å². The Morgan fingerprint density at radius 2 is 2.00 bits per heavy atom. The van der Waals surface area contributed by atoms with E-state index in [1.54, 1.807) is 30.6 Å². The van der Waals surface area contributed by atoms with Crippen molar-refractivity contribution < 1.29 is 9.90 Å². The monoisotopic (exact) mass is 336 g/mol. The lowest BCUT2D eigenvalue weighted by molar-refractivity contribution is -0.119. The molecule has 3 heterocycles. The highest BCUT2D eigenvalue weighted by Gasteiger charge is 2.27. The number of primary amides is 1. The fourth-order valence-corrected chi connectivity index (χ4v) is 2.39. The van der Waals surface area contributed by atoms with Gasteiger partial charge in [0.2, 0.25) is 5.91 Å². The third kappa shape index (κ3) is 3.59. The van der Waals surface area contributed by atoms with Crippen LogP contribution in [0.2, 0.25) is 0 Å². The summed E-state index contributed by atoms with van der Waals surface area (Å²) in [5.74, 6) is 0.149. The Morgan fingerprint density at radius 1 is 1.12 bits per heavy atom. The molecule has 3 aromatic rings. The lowest BCUT2D eigenvalue weighted by Crippen LogP contribution is -2.45. The average Bonchev–Trinajstić information content (AvgIpc) is 2.67. The second-order valence-corrected chi connectivity index (χ2v) is 5.16. The van der Waals surface area contributed by atoms with Crippen LogP contribution in [-0.4, -0.2) is 43.6 Å². The van der Waals surface area contributed by atoms with Gasteiger partial charge >= 0.3 is 0 Å². The minimum atomic E-state index is -1.01. The topological polar surface area (TPSA) is 118 Å². The first-order valence-corrected chi connectivity index (χ1v) is 7.53. The van der Waals surface area contributed by atoms with Crippen LogP contribution in [-0.2, 0) is 4.79 Å². The van der Waals surface area contributed by atoms with Gasteiger partial charge in [0.25, 0.3) is 0 Å². The van der Waals surface area contributed by atoms with Crippen molar-refractivity contribution >= 4 is 17.5 Å². The van der Waals surface area contributed by atoms with Crippen molar-refractivity contribution in [2.75, 3.05) is 11.5 Å².